The number of benzene rings is 3. The molecule has 5 atom stereocenters. The highest BCUT2D eigenvalue weighted by molar-refractivity contribution is 7.99. The molecule has 1 fully saturated rings. The van der Waals surface area contributed by atoms with Gasteiger partial charge in [-0.1, -0.05) is 85.4 Å². The molecule has 1 aliphatic heterocycles. The minimum absolute atomic E-state index is 0.00982. The van der Waals surface area contributed by atoms with Gasteiger partial charge in [-0.05, 0) is 34.9 Å². The van der Waals surface area contributed by atoms with Gasteiger partial charge in [0.05, 0.1) is 25.9 Å². The lowest BCUT2D eigenvalue weighted by atomic mass is 9.91. The molecule has 11 heteroatoms. The largest absolute Gasteiger partial charge is 0.467 e. The summed E-state index contributed by atoms with van der Waals surface area (Å²) in [5.74, 6) is 0.0561. The zero-order chi connectivity index (χ0) is 31.6. The average Bonchev–Trinajstić information content (AvgIpc) is 3.08. The molecule has 0 unspecified atom stereocenters. The molecule has 0 bridgehead atoms. The Morgan fingerprint density at radius 2 is 1.69 bits per heavy atom. The number of rotatable bonds is 11. The highest BCUT2D eigenvalue weighted by Crippen LogP contribution is 2.43. The van der Waals surface area contributed by atoms with Gasteiger partial charge in [-0.3, -0.25) is 0 Å². The molecule has 3 aromatic carbocycles. The van der Waals surface area contributed by atoms with Crippen LogP contribution < -0.4 is 10.6 Å². The van der Waals surface area contributed by atoms with E-state index in [0.717, 1.165) is 22.3 Å². The number of anilines is 1. The fourth-order valence-electron chi connectivity index (χ4n) is 5.10. The molecule has 0 radical (unpaired) electrons. The molecule has 0 spiro atoms. The van der Waals surface area contributed by atoms with Crippen molar-refractivity contribution in [2.45, 2.75) is 49.6 Å². The van der Waals surface area contributed by atoms with E-state index in [9.17, 15) is 14.7 Å². The van der Waals surface area contributed by atoms with Crippen molar-refractivity contribution in [3.8, 4) is 0 Å². The summed E-state index contributed by atoms with van der Waals surface area (Å²) >= 11 is 1.51. The van der Waals surface area contributed by atoms with Gasteiger partial charge in [0, 0.05) is 41.7 Å². The zero-order valence-electron chi connectivity index (χ0n) is 25.0. The highest BCUT2D eigenvalue weighted by atomic mass is 32.2. The summed E-state index contributed by atoms with van der Waals surface area (Å²) in [7, 11) is 1.29. The Bertz CT molecular complexity index is 1540. The Morgan fingerprint density at radius 3 is 2.40 bits per heavy atom. The number of urea groups is 1. The molecule has 234 valence electrons. The number of carbonyl (C=O) groups excluding carboxylic acids is 2. The molecule has 1 aliphatic rings. The maximum Gasteiger partial charge on any atom is 0.328 e. The van der Waals surface area contributed by atoms with Gasteiger partial charge >= 0.3 is 12.0 Å². The highest BCUT2D eigenvalue weighted by Gasteiger charge is 2.38. The molecular formula is C34H36N4O6S. The van der Waals surface area contributed by atoms with Crippen molar-refractivity contribution < 1.29 is 28.9 Å². The van der Waals surface area contributed by atoms with E-state index in [4.69, 9.17) is 14.2 Å². The summed E-state index contributed by atoms with van der Waals surface area (Å²) in [5.41, 5.74) is 3.91. The summed E-state index contributed by atoms with van der Waals surface area (Å²) in [5, 5.41) is 15.7. The summed E-state index contributed by atoms with van der Waals surface area (Å²) in [6.07, 6.45) is 2.48. The van der Waals surface area contributed by atoms with Crippen LogP contribution in [0.15, 0.2) is 102 Å². The van der Waals surface area contributed by atoms with E-state index in [2.05, 4.69) is 27.5 Å². The normalized spacial score (nSPS) is 20.2. The van der Waals surface area contributed by atoms with Gasteiger partial charge in [-0.15, -0.1) is 0 Å². The van der Waals surface area contributed by atoms with Crippen molar-refractivity contribution in [3.05, 3.63) is 120 Å². The fraction of sp³-hybridized carbons (Fsp3) is 0.294. The van der Waals surface area contributed by atoms with E-state index in [1.165, 1.54) is 18.9 Å². The minimum Gasteiger partial charge on any atom is -0.467 e. The molecular weight excluding hydrogens is 592 g/mol. The third kappa shape index (κ3) is 8.67. The number of ether oxygens (including phenoxy) is 3. The number of nitrogens with one attached hydrogen (secondary N) is 2. The van der Waals surface area contributed by atoms with Crippen LogP contribution in [0.4, 0.5) is 10.5 Å². The second kappa shape index (κ2) is 15.6. The standard InChI is InChI=1S/C34H36N4O6S/c1-22-29(21-45-34-35-16-7-17-36-34)43-32(44-30(22)25-14-12-24(20-39)13-15-25)26-10-6-11-27(19-26)37-33(41)38-28(31(40)42-2)18-23-8-4-3-5-9-23/h3-17,19,22,28-30,32,39H,18,20-21H2,1-2H3,(H2,37,38,41)/t22-,28-,29+,30+,32+/m0/s1. The molecule has 1 aromatic heterocycles. The van der Waals surface area contributed by atoms with Gasteiger partial charge in [-0.2, -0.15) is 0 Å². The number of hydrogen-bond acceptors (Lipinski definition) is 9. The van der Waals surface area contributed by atoms with Crippen molar-refractivity contribution in [2.75, 3.05) is 18.2 Å². The number of amides is 2. The molecule has 5 rings (SSSR count). The first kappa shape index (κ1) is 32.1. The van der Waals surface area contributed by atoms with E-state index < -0.39 is 24.3 Å². The van der Waals surface area contributed by atoms with Crippen LogP contribution in [0.25, 0.3) is 0 Å². The van der Waals surface area contributed by atoms with Crippen LogP contribution in [0, 0.1) is 5.92 Å². The Hall–Kier alpha value is -4.29. The first-order valence-corrected chi connectivity index (χ1v) is 15.6. The molecule has 2 amide bonds. The molecule has 2 heterocycles. The van der Waals surface area contributed by atoms with Gasteiger partial charge in [-0.25, -0.2) is 19.6 Å². The van der Waals surface area contributed by atoms with Crippen molar-refractivity contribution in [1.82, 2.24) is 15.3 Å². The summed E-state index contributed by atoms with van der Waals surface area (Å²) in [4.78, 5) is 34.1. The van der Waals surface area contributed by atoms with E-state index in [1.54, 1.807) is 30.6 Å². The number of thioether (sulfide) groups is 1. The van der Waals surface area contributed by atoms with Crippen LogP contribution in [0.2, 0.25) is 0 Å². The van der Waals surface area contributed by atoms with Crippen molar-refractivity contribution >= 4 is 29.4 Å². The van der Waals surface area contributed by atoms with E-state index in [-0.39, 0.29) is 31.2 Å². The van der Waals surface area contributed by atoms with Crippen molar-refractivity contribution in [2.24, 2.45) is 5.92 Å². The number of aliphatic hydroxyl groups excluding tert-OH is 1. The molecule has 1 saturated heterocycles. The van der Waals surface area contributed by atoms with Gasteiger partial charge < -0.3 is 30.0 Å². The van der Waals surface area contributed by atoms with Gasteiger partial charge in [0.1, 0.15) is 6.04 Å². The second-order valence-corrected chi connectivity index (χ2v) is 11.6. The first-order valence-electron chi connectivity index (χ1n) is 14.6. The van der Waals surface area contributed by atoms with Crippen LogP contribution in [0.5, 0.6) is 0 Å². The van der Waals surface area contributed by atoms with Crippen LogP contribution in [-0.4, -0.2) is 52.1 Å². The quantitative estimate of drug-likeness (QED) is 0.113. The summed E-state index contributed by atoms with van der Waals surface area (Å²) in [6, 6.07) is 24.7. The third-order valence-electron chi connectivity index (χ3n) is 7.53. The molecule has 45 heavy (non-hydrogen) atoms. The first-order chi connectivity index (χ1) is 21.9. The van der Waals surface area contributed by atoms with Crippen molar-refractivity contribution in [3.63, 3.8) is 0 Å². The van der Waals surface area contributed by atoms with Crippen LogP contribution >= 0.6 is 11.8 Å². The van der Waals surface area contributed by atoms with Crippen LogP contribution in [0.1, 0.15) is 41.6 Å². The number of aromatic nitrogens is 2. The monoisotopic (exact) mass is 628 g/mol. The third-order valence-corrected chi connectivity index (χ3v) is 8.50. The number of hydrogen-bond donors (Lipinski definition) is 3. The predicted molar refractivity (Wildman–Crippen MR) is 170 cm³/mol. The number of aliphatic hydroxyl groups is 1. The topological polar surface area (TPSA) is 132 Å². The fourth-order valence-corrected chi connectivity index (χ4v) is 6.07. The Morgan fingerprint density at radius 1 is 0.933 bits per heavy atom. The van der Waals surface area contributed by atoms with Crippen molar-refractivity contribution in [1.29, 1.82) is 0 Å². The smallest absolute Gasteiger partial charge is 0.328 e. The SMILES string of the molecule is COC(=O)[C@H](Cc1ccccc1)NC(=O)Nc1cccc([C@@H]2O[C@H](CSc3ncccn3)[C@H](C)[C@H](c3ccc(CO)cc3)O2)c1. The summed E-state index contributed by atoms with van der Waals surface area (Å²) < 4.78 is 18.0. The van der Waals surface area contributed by atoms with Gasteiger partial charge in [0.25, 0.3) is 0 Å². The average molecular weight is 629 g/mol. The van der Waals surface area contributed by atoms with Gasteiger partial charge in [0.15, 0.2) is 11.4 Å². The molecule has 3 N–H and O–H groups in total. The maximum absolute atomic E-state index is 13.0. The Labute approximate surface area is 266 Å². The van der Waals surface area contributed by atoms with Crippen LogP contribution in [-0.2, 0) is 32.0 Å². The predicted octanol–water partition coefficient (Wildman–Crippen LogP) is 5.46. The van der Waals surface area contributed by atoms with Gasteiger partial charge in [0.2, 0.25) is 0 Å². The van der Waals surface area contributed by atoms with E-state index >= 15 is 0 Å². The molecule has 10 nitrogen and oxygen atoms in total. The van der Waals surface area contributed by atoms with Crippen LogP contribution in [0.3, 0.4) is 0 Å². The molecule has 4 aromatic rings. The number of methoxy groups -OCH3 is 1. The lowest BCUT2D eigenvalue weighted by Gasteiger charge is -2.41. The lowest BCUT2D eigenvalue weighted by molar-refractivity contribution is -0.268. The number of esters is 1. The van der Waals surface area contributed by atoms with E-state index in [0.29, 0.717) is 16.6 Å². The summed E-state index contributed by atoms with van der Waals surface area (Å²) in [6.45, 7) is 2.05. The molecule has 0 saturated carbocycles. The minimum atomic E-state index is -0.864. The Kier molecular flexibility index (Phi) is 11.2. The van der Waals surface area contributed by atoms with E-state index in [1.807, 2.05) is 66.7 Å². The Balaban J connectivity index is 1.32. The number of nitrogens with zero attached hydrogens (tertiary/aromatic N) is 2. The maximum atomic E-state index is 13.0. The number of carbonyl (C=O) groups is 2. The molecule has 0 aliphatic carbocycles. The lowest BCUT2D eigenvalue weighted by Crippen LogP contribution is -2.45. The zero-order valence-corrected chi connectivity index (χ0v) is 25.9. The second-order valence-electron chi connectivity index (χ2n) is 10.7.